The highest BCUT2D eigenvalue weighted by Crippen LogP contribution is 2.41. The summed E-state index contributed by atoms with van der Waals surface area (Å²) < 4.78 is 0. The van der Waals surface area contributed by atoms with Crippen molar-refractivity contribution in [3.8, 4) is 0 Å². The second kappa shape index (κ2) is 8.62. The van der Waals surface area contributed by atoms with Crippen LogP contribution in [0, 0.1) is 0 Å². The molecule has 1 saturated heterocycles. The Labute approximate surface area is 189 Å². The Balaban J connectivity index is 1.36. The maximum atomic E-state index is 13.8. The van der Waals surface area contributed by atoms with Crippen molar-refractivity contribution in [1.82, 2.24) is 10.2 Å². The minimum absolute atomic E-state index is 0.00842. The first kappa shape index (κ1) is 20.5. The van der Waals surface area contributed by atoms with Crippen molar-refractivity contribution in [1.29, 1.82) is 0 Å². The molecule has 32 heavy (non-hydrogen) atoms. The van der Waals surface area contributed by atoms with E-state index in [1.54, 1.807) is 4.90 Å². The van der Waals surface area contributed by atoms with Crippen LogP contribution in [0.5, 0.6) is 0 Å². The van der Waals surface area contributed by atoms with E-state index < -0.39 is 5.41 Å². The third-order valence-electron chi connectivity index (χ3n) is 6.98. The second-order valence-corrected chi connectivity index (χ2v) is 8.83. The highest BCUT2D eigenvalue weighted by atomic mass is 16.2. The van der Waals surface area contributed by atoms with Crippen LogP contribution in [0.25, 0.3) is 0 Å². The van der Waals surface area contributed by atoms with Crippen LogP contribution in [0.1, 0.15) is 47.6 Å². The van der Waals surface area contributed by atoms with Gasteiger partial charge in [-0.05, 0) is 47.9 Å². The molecule has 3 aromatic rings. The lowest BCUT2D eigenvalue weighted by atomic mass is 9.73. The summed E-state index contributed by atoms with van der Waals surface area (Å²) in [6.07, 6.45) is 3.73. The number of carbonyl (C=O) groups is 2. The van der Waals surface area contributed by atoms with Crippen molar-refractivity contribution >= 4 is 11.8 Å². The average molecular weight is 425 g/mol. The molecule has 0 aromatic heterocycles. The fourth-order valence-electron chi connectivity index (χ4n) is 5.40. The molecule has 3 aromatic carbocycles. The van der Waals surface area contributed by atoms with Crippen LogP contribution < -0.4 is 5.32 Å². The summed E-state index contributed by atoms with van der Waals surface area (Å²) in [6, 6.07) is 28.3. The van der Waals surface area contributed by atoms with E-state index in [2.05, 4.69) is 23.5 Å². The van der Waals surface area contributed by atoms with Gasteiger partial charge in [0.15, 0.2) is 0 Å². The topological polar surface area (TPSA) is 49.4 Å². The minimum Gasteiger partial charge on any atom is -0.348 e. The Morgan fingerprint density at radius 2 is 1.53 bits per heavy atom. The second-order valence-electron chi connectivity index (χ2n) is 8.83. The van der Waals surface area contributed by atoms with E-state index in [0.29, 0.717) is 13.0 Å². The quantitative estimate of drug-likeness (QED) is 0.660. The van der Waals surface area contributed by atoms with Crippen LogP contribution in [0.4, 0.5) is 0 Å². The summed E-state index contributed by atoms with van der Waals surface area (Å²) in [5.41, 5.74) is 3.76. The van der Waals surface area contributed by atoms with Gasteiger partial charge in [-0.3, -0.25) is 9.59 Å². The number of fused-ring (bicyclic) bond motifs is 1. The zero-order chi connectivity index (χ0) is 22.0. The van der Waals surface area contributed by atoms with Crippen LogP contribution in [0.2, 0.25) is 0 Å². The molecule has 4 heteroatoms. The van der Waals surface area contributed by atoms with Crippen LogP contribution in [-0.4, -0.2) is 29.8 Å². The first-order chi connectivity index (χ1) is 15.7. The lowest BCUT2D eigenvalue weighted by Crippen LogP contribution is -2.44. The fraction of sp³-hybridized carbons (Fsp3) is 0.286. The zero-order valence-electron chi connectivity index (χ0n) is 18.2. The Morgan fingerprint density at radius 1 is 0.906 bits per heavy atom. The third kappa shape index (κ3) is 3.60. The van der Waals surface area contributed by atoms with Gasteiger partial charge in [0.25, 0.3) is 0 Å². The molecule has 1 fully saturated rings. The SMILES string of the molecule is O=C(CN1CCC(c2ccccc2)(c2ccccc2)C1=O)NC1CCCc2ccccc21. The number of hydrogen-bond acceptors (Lipinski definition) is 2. The number of hydrogen-bond donors (Lipinski definition) is 1. The monoisotopic (exact) mass is 424 g/mol. The smallest absolute Gasteiger partial charge is 0.240 e. The molecule has 1 heterocycles. The van der Waals surface area contributed by atoms with Gasteiger partial charge in [0.1, 0.15) is 5.41 Å². The number of rotatable bonds is 5. The molecule has 5 rings (SSSR count). The molecule has 4 nitrogen and oxygen atoms in total. The molecule has 162 valence electrons. The Bertz CT molecular complexity index is 1070. The highest BCUT2D eigenvalue weighted by Gasteiger charge is 2.49. The van der Waals surface area contributed by atoms with Gasteiger partial charge in [-0.1, -0.05) is 84.9 Å². The predicted octanol–water partition coefficient (Wildman–Crippen LogP) is 4.40. The molecular formula is C28H28N2O2. The maximum Gasteiger partial charge on any atom is 0.240 e. The first-order valence-corrected chi connectivity index (χ1v) is 11.5. The molecular weight excluding hydrogens is 396 g/mol. The molecule has 1 aliphatic carbocycles. The summed E-state index contributed by atoms with van der Waals surface area (Å²) in [7, 11) is 0. The molecule has 0 spiro atoms. The number of carbonyl (C=O) groups excluding carboxylic acids is 2. The molecule has 1 aliphatic heterocycles. The molecule has 0 radical (unpaired) electrons. The number of nitrogens with zero attached hydrogens (tertiary/aromatic N) is 1. The Morgan fingerprint density at radius 3 is 2.22 bits per heavy atom. The lowest BCUT2D eigenvalue weighted by Gasteiger charge is -2.30. The summed E-state index contributed by atoms with van der Waals surface area (Å²) in [5, 5.41) is 3.20. The average Bonchev–Trinajstić information content (AvgIpc) is 3.17. The van der Waals surface area contributed by atoms with Crippen LogP contribution in [0.3, 0.4) is 0 Å². The van der Waals surface area contributed by atoms with E-state index in [1.165, 1.54) is 11.1 Å². The molecule has 1 N–H and O–H groups in total. The molecule has 2 amide bonds. The summed E-state index contributed by atoms with van der Waals surface area (Å²) in [6.45, 7) is 0.663. The van der Waals surface area contributed by atoms with Crippen molar-refractivity contribution < 1.29 is 9.59 Å². The third-order valence-corrected chi connectivity index (χ3v) is 6.98. The van der Waals surface area contributed by atoms with E-state index in [-0.39, 0.29) is 24.4 Å². The molecule has 2 aliphatic rings. The van der Waals surface area contributed by atoms with Crippen molar-refractivity contribution in [2.75, 3.05) is 13.1 Å². The number of aryl methyl sites for hydroxylation is 1. The van der Waals surface area contributed by atoms with Gasteiger partial charge in [0.2, 0.25) is 11.8 Å². The van der Waals surface area contributed by atoms with Crippen molar-refractivity contribution in [3.05, 3.63) is 107 Å². The van der Waals surface area contributed by atoms with Crippen LogP contribution in [0.15, 0.2) is 84.9 Å². The predicted molar refractivity (Wildman–Crippen MR) is 125 cm³/mol. The van der Waals surface area contributed by atoms with Gasteiger partial charge >= 0.3 is 0 Å². The highest BCUT2D eigenvalue weighted by molar-refractivity contribution is 5.96. The normalized spacial score (nSPS) is 19.4. The van der Waals surface area contributed by atoms with Crippen LogP contribution in [-0.2, 0) is 21.4 Å². The first-order valence-electron chi connectivity index (χ1n) is 11.5. The molecule has 0 bridgehead atoms. The van der Waals surface area contributed by atoms with Gasteiger partial charge in [-0.25, -0.2) is 0 Å². The number of likely N-dealkylation sites (tertiary alicyclic amines) is 1. The van der Waals surface area contributed by atoms with E-state index in [9.17, 15) is 9.59 Å². The standard InChI is InChI=1S/C28H28N2O2/c31-26(29-25-17-9-11-21-10-7-8-16-24(21)25)20-30-19-18-28(27(30)32,22-12-3-1-4-13-22)23-14-5-2-6-15-23/h1-8,10,12-16,25H,9,11,17-20H2,(H,29,31). The van der Waals surface area contributed by atoms with Gasteiger partial charge in [-0.15, -0.1) is 0 Å². The number of nitrogens with one attached hydrogen (secondary N) is 1. The van der Waals surface area contributed by atoms with Gasteiger partial charge < -0.3 is 10.2 Å². The van der Waals surface area contributed by atoms with Crippen molar-refractivity contribution in [3.63, 3.8) is 0 Å². The number of benzene rings is 3. The van der Waals surface area contributed by atoms with Crippen molar-refractivity contribution in [2.45, 2.75) is 37.1 Å². The van der Waals surface area contributed by atoms with Gasteiger partial charge in [0, 0.05) is 6.54 Å². The lowest BCUT2D eigenvalue weighted by molar-refractivity contribution is -0.135. The van der Waals surface area contributed by atoms with E-state index in [1.807, 2.05) is 66.7 Å². The van der Waals surface area contributed by atoms with E-state index in [0.717, 1.165) is 30.4 Å². The van der Waals surface area contributed by atoms with Crippen molar-refractivity contribution in [2.24, 2.45) is 0 Å². The summed E-state index contributed by atoms with van der Waals surface area (Å²) >= 11 is 0. The zero-order valence-corrected chi connectivity index (χ0v) is 18.2. The van der Waals surface area contributed by atoms with Gasteiger partial charge in [0.05, 0.1) is 12.6 Å². The fourth-order valence-corrected chi connectivity index (χ4v) is 5.40. The van der Waals surface area contributed by atoms with Crippen LogP contribution >= 0.6 is 0 Å². The summed E-state index contributed by atoms with van der Waals surface area (Å²) in [5.74, 6) is -0.0777. The van der Waals surface area contributed by atoms with E-state index in [4.69, 9.17) is 0 Å². The molecule has 1 unspecified atom stereocenters. The number of amides is 2. The Kier molecular flexibility index (Phi) is 5.52. The van der Waals surface area contributed by atoms with E-state index >= 15 is 0 Å². The molecule has 1 atom stereocenters. The molecule has 0 saturated carbocycles. The Hall–Kier alpha value is -3.40. The maximum absolute atomic E-state index is 13.8. The summed E-state index contributed by atoms with van der Waals surface area (Å²) in [4.78, 5) is 28.5. The minimum atomic E-state index is -0.736. The van der Waals surface area contributed by atoms with Gasteiger partial charge in [-0.2, -0.15) is 0 Å². The largest absolute Gasteiger partial charge is 0.348 e.